The Balaban J connectivity index is 1.45. The van der Waals surface area contributed by atoms with E-state index in [4.69, 9.17) is 4.74 Å². The summed E-state index contributed by atoms with van der Waals surface area (Å²) in [5.41, 5.74) is 2.02. The summed E-state index contributed by atoms with van der Waals surface area (Å²) < 4.78 is 6.50. The Labute approximate surface area is 193 Å². The van der Waals surface area contributed by atoms with E-state index in [1.807, 2.05) is 33.0 Å². The molecule has 32 heavy (non-hydrogen) atoms. The van der Waals surface area contributed by atoms with E-state index in [1.165, 1.54) is 23.8 Å². The van der Waals surface area contributed by atoms with Gasteiger partial charge in [0, 0.05) is 36.6 Å². The molecule has 5 nitrogen and oxygen atoms in total. The van der Waals surface area contributed by atoms with Crippen LogP contribution >= 0.6 is 0 Å². The highest BCUT2D eigenvalue weighted by Gasteiger charge is 2.22. The molecule has 0 radical (unpaired) electrons. The summed E-state index contributed by atoms with van der Waals surface area (Å²) >= 11 is 0. The summed E-state index contributed by atoms with van der Waals surface area (Å²) in [6.07, 6.45) is 9.84. The van der Waals surface area contributed by atoms with Crippen LogP contribution in [0.3, 0.4) is 0 Å². The number of likely N-dealkylation sites (tertiary alicyclic amines) is 1. The van der Waals surface area contributed by atoms with Crippen LogP contribution in [0.5, 0.6) is 5.75 Å². The Hall–Kier alpha value is -2.14. The Kier molecular flexibility index (Phi) is 8.92. The first-order valence-corrected chi connectivity index (χ1v) is 12.4. The number of hydrogen-bond acceptors (Lipinski definition) is 4. The first kappa shape index (κ1) is 24.5. The summed E-state index contributed by atoms with van der Waals surface area (Å²) in [6, 6.07) is 8.61. The Morgan fingerprint density at radius 2 is 1.97 bits per heavy atom. The van der Waals surface area contributed by atoms with Crippen molar-refractivity contribution in [3.05, 3.63) is 36.0 Å². The molecule has 1 saturated heterocycles. The molecule has 1 aliphatic heterocycles. The number of nitrogens with zero attached hydrogens (tertiary/aromatic N) is 2. The molecule has 2 heterocycles. The second kappa shape index (κ2) is 11.6. The van der Waals surface area contributed by atoms with Crippen LogP contribution in [-0.2, 0) is 11.2 Å². The number of amides is 1. The number of ether oxygens (including phenoxy) is 1. The van der Waals surface area contributed by atoms with E-state index in [1.54, 1.807) is 0 Å². The smallest absolute Gasteiger partial charge is 0.225 e. The number of rotatable bonds is 10. The highest BCUT2D eigenvalue weighted by molar-refractivity contribution is 5.85. The van der Waals surface area contributed by atoms with Crippen molar-refractivity contribution in [1.82, 2.24) is 15.2 Å². The van der Waals surface area contributed by atoms with Gasteiger partial charge in [-0.05, 0) is 68.8 Å². The van der Waals surface area contributed by atoms with E-state index in [0.29, 0.717) is 0 Å². The molecular formula is C27H41N3O2. The van der Waals surface area contributed by atoms with Crippen molar-refractivity contribution < 1.29 is 9.53 Å². The van der Waals surface area contributed by atoms with Gasteiger partial charge in [0.05, 0.1) is 0 Å². The zero-order chi connectivity index (χ0) is 23.0. The Bertz CT molecular complexity index is 867. The average Bonchev–Trinajstić information content (AvgIpc) is 2.77. The van der Waals surface area contributed by atoms with Crippen LogP contribution < -0.4 is 10.1 Å². The van der Waals surface area contributed by atoms with Gasteiger partial charge in [0.15, 0.2) is 0 Å². The SMILES string of the molecule is CCCCc1cc(OC2CCN(CCCCNC(=O)C(C)(C)C)CC2)c2ncccc2c1. The van der Waals surface area contributed by atoms with Crippen LogP contribution in [0.1, 0.15) is 71.8 Å². The quantitative estimate of drug-likeness (QED) is 0.506. The molecule has 0 saturated carbocycles. The highest BCUT2D eigenvalue weighted by Crippen LogP contribution is 2.29. The normalized spacial score (nSPS) is 15.8. The first-order chi connectivity index (χ1) is 15.4. The van der Waals surface area contributed by atoms with Gasteiger partial charge in [0.2, 0.25) is 5.91 Å². The maximum atomic E-state index is 11.9. The van der Waals surface area contributed by atoms with E-state index in [0.717, 1.165) is 69.5 Å². The summed E-state index contributed by atoms with van der Waals surface area (Å²) in [7, 11) is 0. The Morgan fingerprint density at radius 1 is 1.19 bits per heavy atom. The van der Waals surface area contributed by atoms with Gasteiger partial charge in [-0.1, -0.05) is 40.2 Å². The third-order valence-electron chi connectivity index (χ3n) is 6.24. The van der Waals surface area contributed by atoms with Crippen molar-refractivity contribution in [2.45, 2.75) is 78.7 Å². The summed E-state index contributed by atoms with van der Waals surface area (Å²) in [4.78, 5) is 19.1. The highest BCUT2D eigenvalue weighted by atomic mass is 16.5. The minimum atomic E-state index is -0.307. The lowest BCUT2D eigenvalue weighted by atomic mass is 9.96. The molecule has 1 aromatic carbocycles. The number of carbonyl (C=O) groups excluding carboxylic acids is 1. The molecule has 0 aliphatic carbocycles. The monoisotopic (exact) mass is 439 g/mol. The number of benzene rings is 1. The topological polar surface area (TPSA) is 54.5 Å². The fourth-order valence-corrected chi connectivity index (χ4v) is 4.19. The maximum Gasteiger partial charge on any atom is 0.225 e. The number of piperidine rings is 1. The predicted molar refractivity (Wildman–Crippen MR) is 132 cm³/mol. The second-order valence-corrected chi connectivity index (χ2v) is 10.1. The van der Waals surface area contributed by atoms with E-state index < -0.39 is 0 Å². The lowest BCUT2D eigenvalue weighted by Crippen LogP contribution is -2.39. The molecule has 176 valence electrons. The number of unbranched alkanes of at least 4 members (excludes halogenated alkanes) is 2. The first-order valence-electron chi connectivity index (χ1n) is 12.4. The van der Waals surface area contributed by atoms with Crippen molar-refractivity contribution >= 4 is 16.8 Å². The maximum absolute atomic E-state index is 11.9. The lowest BCUT2D eigenvalue weighted by Gasteiger charge is -2.32. The van der Waals surface area contributed by atoms with Gasteiger partial charge in [-0.2, -0.15) is 0 Å². The summed E-state index contributed by atoms with van der Waals surface area (Å²) in [5.74, 6) is 1.08. The molecule has 0 spiro atoms. The third-order valence-corrected chi connectivity index (χ3v) is 6.24. The van der Waals surface area contributed by atoms with Gasteiger partial charge in [-0.25, -0.2) is 0 Å². The van der Waals surface area contributed by atoms with Crippen LogP contribution in [0.15, 0.2) is 30.5 Å². The number of fused-ring (bicyclic) bond motifs is 1. The van der Waals surface area contributed by atoms with E-state index in [2.05, 4.69) is 40.3 Å². The molecular weight excluding hydrogens is 398 g/mol. The van der Waals surface area contributed by atoms with Gasteiger partial charge in [-0.15, -0.1) is 0 Å². The van der Waals surface area contributed by atoms with Crippen molar-refractivity contribution in [2.24, 2.45) is 5.41 Å². The molecule has 1 N–H and O–H groups in total. The molecule has 2 aromatic rings. The molecule has 0 unspecified atom stereocenters. The zero-order valence-corrected chi connectivity index (χ0v) is 20.5. The second-order valence-electron chi connectivity index (χ2n) is 10.1. The third kappa shape index (κ3) is 7.19. The molecule has 1 amide bonds. The van der Waals surface area contributed by atoms with E-state index >= 15 is 0 Å². The predicted octanol–water partition coefficient (Wildman–Crippen LogP) is 5.36. The van der Waals surface area contributed by atoms with Gasteiger partial charge >= 0.3 is 0 Å². The van der Waals surface area contributed by atoms with Gasteiger partial charge in [0.1, 0.15) is 17.4 Å². The number of pyridine rings is 1. The average molecular weight is 440 g/mol. The van der Waals surface area contributed by atoms with E-state index in [9.17, 15) is 4.79 Å². The fourth-order valence-electron chi connectivity index (χ4n) is 4.19. The number of nitrogens with one attached hydrogen (secondary N) is 1. The Morgan fingerprint density at radius 3 is 2.69 bits per heavy atom. The number of carbonyl (C=O) groups is 1. The van der Waals surface area contributed by atoms with Crippen molar-refractivity contribution in [2.75, 3.05) is 26.2 Å². The number of hydrogen-bond donors (Lipinski definition) is 1. The number of aromatic nitrogens is 1. The summed E-state index contributed by atoms with van der Waals surface area (Å²) in [6.45, 7) is 12.1. The van der Waals surface area contributed by atoms with Gasteiger partial charge < -0.3 is 15.0 Å². The van der Waals surface area contributed by atoms with Crippen LogP contribution in [-0.4, -0.2) is 48.1 Å². The summed E-state index contributed by atoms with van der Waals surface area (Å²) in [5, 5.41) is 4.22. The van der Waals surface area contributed by atoms with Crippen molar-refractivity contribution in [3.8, 4) is 5.75 Å². The number of aryl methyl sites for hydroxylation is 1. The fraction of sp³-hybridized carbons (Fsp3) is 0.630. The zero-order valence-electron chi connectivity index (χ0n) is 20.5. The van der Waals surface area contributed by atoms with Crippen LogP contribution in [0.25, 0.3) is 10.9 Å². The molecule has 1 fully saturated rings. The lowest BCUT2D eigenvalue weighted by molar-refractivity contribution is -0.128. The standard InChI is InChI=1S/C27H41N3O2/c1-5-6-10-21-19-22-11-9-15-28-25(22)24(20-21)32-23-12-17-30(18-13-23)16-8-7-14-29-26(31)27(2,3)4/h9,11,15,19-20,23H,5-8,10,12-14,16-18H2,1-4H3,(H,29,31). The molecule has 5 heteroatoms. The van der Waals surface area contributed by atoms with Crippen LogP contribution in [0, 0.1) is 5.41 Å². The van der Waals surface area contributed by atoms with Gasteiger partial charge in [-0.3, -0.25) is 9.78 Å². The van der Waals surface area contributed by atoms with Crippen LogP contribution in [0.4, 0.5) is 0 Å². The largest absolute Gasteiger partial charge is 0.488 e. The molecule has 1 aromatic heterocycles. The molecule has 3 rings (SSSR count). The minimum absolute atomic E-state index is 0.135. The minimum Gasteiger partial charge on any atom is -0.488 e. The van der Waals surface area contributed by atoms with E-state index in [-0.39, 0.29) is 17.4 Å². The van der Waals surface area contributed by atoms with Gasteiger partial charge in [0.25, 0.3) is 0 Å². The van der Waals surface area contributed by atoms with Crippen LogP contribution in [0.2, 0.25) is 0 Å². The van der Waals surface area contributed by atoms with Crippen molar-refractivity contribution in [3.63, 3.8) is 0 Å². The molecule has 0 bridgehead atoms. The van der Waals surface area contributed by atoms with Crippen molar-refractivity contribution in [1.29, 1.82) is 0 Å². The molecule has 1 aliphatic rings. The molecule has 0 atom stereocenters.